The van der Waals surface area contributed by atoms with Crippen LogP contribution in [-0.4, -0.2) is 34.4 Å². The molecule has 0 aliphatic heterocycles. The van der Waals surface area contributed by atoms with Gasteiger partial charge < -0.3 is 15.8 Å². The standard InChI is InChI=1S/C14H17F3N4O2/c1-8(5-14(15,16)17)21-13(22)23-11-3-2-9(4-11)10-6-19-12(18)20-7-10/h2-3,6-9,11H,4-5H2,1H3,(H,21,22)(H2,18,19,20)/t8-,9-,11-/m0/s1. The van der Waals surface area contributed by atoms with Crippen LogP contribution in [0.1, 0.15) is 31.2 Å². The molecule has 2 rings (SSSR count). The number of allylic oxidation sites excluding steroid dienone is 1. The predicted molar refractivity (Wildman–Crippen MR) is 76.5 cm³/mol. The molecular weight excluding hydrogens is 313 g/mol. The lowest BCUT2D eigenvalue weighted by molar-refractivity contribution is -0.138. The lowest BCUT2D eigenvalue weighted by atomic mass is 10.0. The molecule has 0 bridgehead atoms. The van der Waals surface area contributed by atoms with Crippen molar-refractivity contribution in [3.8, 4) is 0 Å². The van der Waals surface area contributed by atoms with E-state index in [4.69, 9.17) is 10.5 Å². The van der Waals surface area contributed by atoms with Crippen LogP contribution in [0, 0.1) is 0 Å². The molecule has 1 heterocycles. The summed E-state index contributed by atoms with van der Waals surface area (Å²) in [6, 6.07) is -1.05. The maximum absolute atomic E-state index is 12.2. The Morgan fingerprint density at radius 1 is 1.43 bits per heavy atom. The molecule has 6 nitrogen and oxygen atoms in total. The van der Waals surface area contributed by atoms with Crippen molar-refractivity contribution in [2.24, 2.45) is 0 Å². The molecule has 0 aromatic carbocycles. The van der Waals surface area contributed by atoms with Crippen LogP contribution in [-0.2, 0) is 4.74 Å². The Kier molecular flexibility index (Phi) is 5.07. The molecule has 0 radical (unpaired) electrons. The highest BCUT2D eigenvalue weighted by Gasteiger charge is 2.31. The number of rotatable bonds is 4. The van der Waals surface area contributed by atoms with Crippen LogP contribution in [0.5, 0.6) is 0 Å². The Morgan fingerprint density at radius 3 is 2.70 bits per heavy atom. The summed E-state index contributed by atoms with van der Waals surface area (Å²) >= 11 is 0. The zero-order valence-corrected chi connectivity index (χ0v) is 12.4. The fraction of sp³-hybridized carbons (Fsp3) is 0.500. The van der Waals surface area contributed by atoms with E-state index in [2.05, 4.69) is 15.3 Å². The Hall–Kier alpha value is -2.32. The third-order valence-corrected chi connectivity index (χ3v) is 3.32. The molecule has 23 heavy (non-hydrogen) atoms. The number of nitrogens with one attached hydrogen (secondary N) is 1. The molecule has 1 aromatic rings. The van der Waals surface area contributed by atoms with E-state index < -0.39 is 30.8 Å². The molecule has 1 aliphatic rings. The summed E-state index contributed by atoms with van der Waals surface area (Å²) < 4.78 is 41.7. The summed E-state index contributed by atoms with van der Waals surface area (Å²) in [5.74, 6) is 0.141. The molecule has 0 fully saturated rings. The van der Waals surface area contributed by atoms with Gasteiger partial charge in [-0.2, -0.15) is 13.2 Å². The van der Waals surface area contributed by atoms with Crippen LogP contribution in [0.3, 0.4) is 0 Å². The molecule has 0 unspecified atom stereocenters. The first-order chi connectivity index (χ1) is 10.7. The number of alkyl carbamates (subject to hydrolysis) is 1. The lowest BCUT2D eigenvalue weighted by Gasteiger charge is -2.18. The van der Waals surface area contributed by atoms with Gasteiger partial charge in [-0.25, -0.2) is 14.8 Å². The van der Waals surface area contributed by atoms with Gasteiger partial charge in [-0.05, 0) is 25.0 Å². The molecule has 3 atom stereocenters. The van der Waals surface area contributed by atoms with Gasteiger partial charge in [0.05, 0.1) is 6.42 Å². The van der Waals surface area contributed by atoms with Crippen molar-refractivity contribution >= 4 is 12.0 Å². The van der Waals surface area contributed by atoms with Crippen molar-refractivity contribution in [2.75, 3.05) is 5.73 Å². The number of alkyl halides is 3. The maximum Gasteiger partial charge on any atom is 0.407 e. The van der Waals surface area contributed by atoms with Gasteiger partial charge in [0.2, 0.25) is 5.95 Å². The second-order valence-electron chi connectivity index (χ2n) is 5.41. The number of nitrogens with two attached hydrogens (primary N) is 1. The fourth-order valence-electron chi connectivity index (χ4n) is 2.31. The van der Waals surface area contributed by atoms with Crippen LogP contribution in [0.25, 0.3) is 0 Å². The second-order valence-corrected chi connectivity index (χ2v) is 5.41. The normalized spacial score (nSPS) is 21.9. The Morgan fingerprint density at radius 2 is 2.09 bits per heavy atom. The summed E-state index contributed by atoms with van der Waals surface area (Å²) in [5.41, 5.74) is 6.24. The highest BCUT2D eigenvalue weighted by Crippen LogP contribution is 2.29. The van der Waals surface area contributed by atoms with Crippen LogP contribution in [0.2, 0.25) is 0 Å². The van der Waals surface area contributed by atoms with Gasteiger partial charge >= 0.3 is 12.3 Å². The third-order valence-electron chi connectivity index (χ3n) is 3.32. The minimum absolute atomic E-state index is 0.0269. The summed E-state index contributed by atoms with van der Waals surface area (Å²) in [7, 11) is 0. The molecule has 0 saturated heterocycles. The minimum Gasteiger partial charge on any atom is -0.442 e. The molecule has 1 aromatic heterocycles. The number of nitrogen functional groups attached to an aromatic ring is 1. The van der Waals surface area contributed by atoms with Crippen LogP contribution >= 0.6 is 0 Å². The topological polar surface area (TPSA) is 90.1 Å². The number of anilines is 1. The number of halogens is 3. The monoisotopic (exact) mass is 330 g/mol. The number of ether oxygens (including phenoxy) is 1. The van der Waals surface area contributed by atoms with E-state index in [0.29, 0.717) is 6.42 Å². The highest BCUT2D eigenvalue weighted by atomic mass is 19.4. The summed E-state index contributed by atoms with van der Waals surface area (Å²) in [6.07, 6.45) is 0.376. The van der Waals surface area contributed by atoms with Crippen LogP contribution in [0.4, 0.5) is 23.9 Å². The second kappa shape index (κ2) is 6.84. The van der Waals surface area contributed by atoms with Gasteiger partial charge in [0.15, 0.2) is 0 Å². The SMILES string of the molecule is C[C@@H](CC(F)(F)F)NC(=O)O[C@H]1C=C[C@H](c2cnc(N)nc2)C1. The van der Waals surface area contributed by atoms with E-state index >= 15 is 0 Å². The van der Waals surface area contributed by atoms with Crippen LogP contribution < -0.4 is 11.1 Å². The quantitative estimate of drug-likeness (QED) is 0.828. The Labute approximate surface area is 130 Å². The van der Waals surface area contributed by atoms with Gasteiger partial charge in [0.1, 0.15) is 6.10 Å². The van der Waals surface area contributed by atoms with Gasteiger partial charge in [-0.3, -0.25) is 0 Å². The first-order valence-corrected chi connectivity index (χ1v) is 7.02. The maximum atomic E-state index is 12.2. The van der Waals surface area contributed by atoms with Gasteiger partial charge in [0.25, 0.3) is 0 Å². The molecule has 0 spiro atoms. The molecule has 0 saturated carbocycles. The zero-order chi connectivity index (χ0) is 17.0. The van der Waals surface area contributed by atoms with Gasteiger partial charge in [0, 0.05) is 24.4 Å². The first-order valence-electron chi connectivity index (χ1n) is 7.02. The van der Waals surface area contributed by atoms with Gasteiger partial charge in [-0.15, -0.1) is 0 Å². The van der Waals surface area contributed by atoms with E-state index in [9.17, 15) is 18.0 Å². The molecule has 1 amide bonds. The number of amides is 1. The van der Waals surface area contributed by atoms with Crippen molar-refractivity contribution in [2.45, 2.75) is 44.0 Å². The van der Waals surface area contributed by atoms with E-state index in [1.165, 1.54) is 6.92 Å². The average molecular weight is 330 g/mol. The van der Waals surface area contributed by atoms with Crippen molar-refractivity contribution in [1.82, 2.24) is 15.3 Å². The van der Waals surface area contributed by atoms with Crippen molar-refractivity contribution in [1.29, 1.82) is 0 Å². The van der Waals surface area contributed by atoms with Crippen molar-refractivity contribution in [3.05, 3.63) is 30.1 Å². The van der Waals surface area contributed by atoms with E-state index in [1.54, 1.807) is 18.5 Å². The Bertz CT molecular complexity index is 574. The summed E-state index contributed by atoms with van der Waals surface area (Å²) in [5, 5.41) is 2.17. The number of nitrogens with zero attached hydrogens (tertiary/aromatic N) is 2. The fourth-order valence-corrected chi connectivity index (χ4v) is 2.31. The molecule has 1 aliphatic carbocycles. The molecule has 3 N–H and O–H groups in total. The van der Waals surface area contributed by atoms with Crippen molar-refractivity contribution in [3.63, 3.8) is 0 Å². The number of aromatic nitrogens is 2. The zero-order valence-electron chi connectivity index (χ0n) is 12.4. The molecule has 9 heteroatoms. The first kappa shape index (κ1) is 17.0. The summed E-state index contributed by atoms with van der Waals surface area (Å²) in [4.78, 5) is 19.4. The number of hydrogen-bond acceptors (Lipinski definition) is 5. The van der Waals surface area contributed by atoms with E-state index in [1.807, 2.05) is 6.08 Å². The highest BCUT2D eigenvalue weighted by molar-refractivity contribution is 5.68. The van der Waals surface area contributed by atoms with E-state index in [0.717, 1.165) is 5.56 Å². The Balaban J connectivity index is 1.80. The molecule has 126 valence electrons. The van der Waals surface area contributed by atoms with E-state index in [-0.39, 0.29) is 11.9 Å². The number of hydrogen-bond donors (Lipinski definition) is 2. The largest absolute Gasteiger partial charge is 0.442 e. The lowest BCUT2D eigenvalue weighted by Crippen LogP contribution is -2.37. The minimum atomic E-state index is -4.33. The number of carbonyl (C=O) groups excluding carboxylic acids is 1. The predicted octanol–water partition coefficient (Wildman–Crippen LogP) is 2.54. The number of carbonyl (C=O) groups is 1. The van der Waals surface area contributed by atoms with Crippen LogP contribution in [0.15, 0.2) is 24.5 Å². The molecular formula is C14H17F3N4O2. The van der Waals surface area contributed by atoms with Gasteiger partial charge in [-0.1, -0.05) is 6.08 Å². The average Bonchev–Trinajstić information content (AvgIpc) is 2.85. The smallest absolute Gasteiger partial charge is 0.407 e. The third kappa shape index (κ3) is 5.42. The summed E-state index contributed by atoms with van der Waals surface area (Å²) in [6.45, 7) is 1.27. The van der Waals surface area contributed by atoms with Crippen molar-refractivity contribution < 1.29 is 22.7 Å².